The van der Waals surface area contributed by atoms with Crippen molar-refractivity contribution in [1.82, 2.24) is 0 Å². The van der Waals surface area contributed by atoms with Crippen molar-refractivity contribution >= 4 is 0 Å². The van der Waals surface area contributed by atoms with E-state index in [2.05, 4.69) is 0 Å². The van der Waals surface area contributed by atoms with Crippen LogP contribution in [0.3, 0.4) is 0 Å². The van der Waals surface area contributed by atoms with Crippen molar-refractivity contribution < 1.29 is 14.9 Å². The van der Waals surface area contributed by atoms with E-state index >= 15 is 0 Å². The highest BCUT2D eigenvalue weighted by Gasteiger charge is 2.32. The van der Waals surface area contributed by atoms with Crippen LogP contribution in [0.5, 0.6) is 0 Å². The molecule has 1 saturated heterocycles. The summed E-state index contributed by atoms with van der Waals surface area (Å²) in [5, 5.41) is 17.5. The van der Waals surface area contributed by atoms with Crippen LogP contribution in [-0.4, -0.2) is 41.7 Å². The summed E-state index contributed by atoms with van der Waals surface area (Å²) in [6, 6.07) is -0.421. The average molecular weight is 133 g/mol. The van der Waals surface area contributed by atoms with Gasteiger partial charge >= 0.3 is 0 Å². The van der Waals surface area contributed by atoms with Crippen LogP contribution in [0.15, 0.2) is 0 Å². The second-order valence-corrected chi connectivity index (χ2v) is 2.20. The van der Waals surface area contributed by atoms with Crippen LogP contribution in [0.4, 0.5) is 0 Å². The molecule has 0 aromatic heterocycles. The number of hydrogen-bond acceptors (Lipinski definition) is 4. The lowest BCUT2D eigenvalue weighted by Crippen LogP contribution is -2.40. The topological polar surface area (TPSA) is 75.7 Å². The number of aliphatic hydroxyl groups is 2. The van der Waals surface area contributed by atoms with Gasteiger partial charge in [0.05, 0.1) is 31.5 Å². The van der Waals surface area contributed by atoms with Crippen LogP contribution in [0.1, 0.15) is 0 Å². The summed E-state index contributed by atoms with van der Waals surface area (Å²) in [6.07, 6.45) is -0.984. The second-order valence-electron chi connectivity index (χ2n) is 2.20. The summed E-state index contributed by atoms with van der Waals surface area (Å²) in [5.41, 5.74) is 5.40. The van der Waals surface area contributed by atoms with Gasteiger partial charge in [0.15, 0.2) is 0 Å². The largest absolute Gasteiger partial charge is 0.394 e. The van der Waals surface area contributed by atoms with Crippen LogP contribution >= 0.6 is 0 Å². The van der Waals surface area contributed by atoms with Gasteiger partial charge < -0.3 is 20.7 Å². The molecule has 0 aliphatic carbocycles. The van der Waals surface area contributed by atoms with E-state index in [1.807, 2.05) is 0 Å². The zero-order valence-electron chi connectivity index (χ0n) is 5.03. The molecule has 1 aliphatic rings. The van der Waals surface area contributed by atoms with Gasteiger partial charge in [0.25, 0.3) is 0 Å². The van der Waals surface area contributed by atoms with Gasteiger partial charge in [-0.2, -0.15) is 0 Å². The number of aliphatic hydroxyl groups excluding tert-OH is 2. The molecular formula is C5H11NO3. The van der Waals surface area contributed by atoms with Crippen LogP contribution < -0.4 is 5.73 Å². The molecule has 0 saturated carbocycles. The fourth-order valence-corrected chi connectivity index (χ4v) is 0.867. The third-order valence-corrected chi connectivity index (χ3v) is 1.53. The van der Waals surface area contributed by atoms with Crippen LogP contribution in [0, 0.1) is 0 Å². The van der Waals surface area contributed by atoms with Gasteiger partial charge in [0.2, 0.25) is 0 Å². The fourth-order valence-electron chi connectivity index (χ4n) is 0.867. The van der Waals surface area contributed by atoms with Crippen LogP contribution in [0.25, 0.3) is 0 Å². The minimum Gasteiger partial charge on any atom is -0.394 e. The van der Waals surface area contributed by atoms with Gasteiger partial charge in [-0.3, -0.25) is 0 Å². The molecule has 54 valence electrons. The lowest BCUT2D eigenvalue weighted by Gasteiger charge is -2.11. The summed E-state index contributed by atoms with van der Waals surface area (Å²) in [6.45, 7) is 0.130. The van der Waals surface area contributed by atoms with Gasteiger partial charge in [-0.05, 0) is 0 Å². The van der Waals surface area contributed by atoms with Gasteiger partial charge in [-0.15, -0.1) is 0 Å². The minimum atomic E-state index is -0.609. The van der Waals surface area contributed by atoms with Crippen LogP contribution in [-0.2, 0) is 4.74 Å². The first-order valence-corrected chi connectivity index (χ1v) is 2.92. The predicted molar refractivity (Wildman–Crippen MR) is 30.8 cm³/mol. The summed E-state index contributed by atoms with van der Waals surface area (Å²) in [7, 11) is 0. The predicted octanol–water partition coefficient (Wildman–Crippen LogP) is -1.93. The van der Waals surface area contributed by atoms with Crippen molar-refractivity contribution in [2.45, 2.75) is 18.2 Å². The Kier molecular flexibility index (Phi) is 2.02. The summed E-state index contributed by atoms with van der Waals surface area (Å²) >= 11 is 0. The van der Waals surface area contributed by atoms with Crippen molar-refractivity contribution in [3.05, 3.63) is 0 Å². The molecule has 9 heavy (non-hydrogen) atoms. The first-order chi connectivity index (χ1) is 4.25. The Labute approximate surface area is 53.2 Å². The third-order valence-electron chi connectivity index (χ3n) is 1.53. The molecule has 1 aliphatic heterocycles. The monoisotopic (exact) mass is 133 g/mol. The Balaban J connectivity index is 2.41. The van der Waals surface area contributed by atoms with E-state index in [0.717, 1.165) is 0 Å². The molecule has 1 rings (SSSR count). The molecule has 0 spiro atoms. The van der Waals surface area contributed by atoms with Crippen molar-refractivity contribution in [3.8, 4) is 0 Å². The molecule has 3 atom stereocenters. The van der Waals surface area contributed by atoms with Crippen molar-refractivity contribution in [3.63, 3.8) is 0 Å². The Morgan fingerprint density at radius 1 is 1.67 bits per heavy atom. The molecule has 1 heterocycles. The fraction of sp³-hybridized carbons (Fsp3) is 1.00. The van der Waals surface area contributed by atoms with Crippen molar-refractivity contribution in [2.24, 2.45) is 5.73 Å². The Hall–Kier alpha value is -0.160. The number of ether oxygens (including phenoxy) is 1. The first-order valence-electron chi connectivity index (χ1n) is 2.92. The SMILES string of the molecule is N[C@H]1[C@@H](O)CO[C@@H]1CO. The molecule has 4 N–H and O–H groups in total. The molecule has 0 radical (unpaired) electrons. The molecular weight excluding hydrogens is 122 g/mol. The van der Waals surface area contributed by atoms with E-state index in [-0.39, 0.29) is 19.3 Å². The number of nitrogens with two attached hydrogens (primary N) is 1. The van der Waals surface area contributed by atoms with E-state index in [4.69, 9.17) is 20.7 Å². The van der Waals surface area contributed by atoms with Gasteiger partial charge in [-0.1, -0.05) is 0 Å². The molecule has 0 aromatic rings. The normalized spacial score (nSPS) is 43.7. The zero-order valence-corrected chi connectivity index (χ0v) is 5.03. The van der Waals surface area contributed by atoms with Crippen LogP contribution in [0.2, 0.25) is 0 Å². The second kappa shape index (κ2) is 2.62. The molecule has 0 amide bonds. The lowest BCUT2D eigenvalue weighted by atomic mass is 10.1. The molecule has 4 nitrogen and oxygen atoms in total. The Bertz CT molecular complexity index is 98.2. The molecule has 0 bridgehead atoms. The molecule has 0 unspecified atom stereocenters. The minimum absolute atomic E-state index is 0.113. The number of rotatable bonds is 1. The molecule has 4 heteroatoms. The molecule has 0 aromatic carbocycles. The summed E-state index contributed by atoms with van der Waals surface area (Å²) in [5.74, 6) is 0. The van der Waals surface area contributed by atoms with E-state index < -0.39 is 12.1 Å². The van der Waals surface area contributed by atoms with E-state index in [9.17, 15) is 0 Å². The lowest BCUT2D eigenvalue weighted by molar-refractivity contribution is 0.0486. The highest BCUT2D eigenvalue weighted by molar-refractivity contribution is 4.85. The van der Waals surface area contributed by atoms with Gasteiger partial charge in [0, 0.05) is 0 Å². The standard InChI is InChI=1S/C5H11NO3/c6-5-3(8)2-9-4(5)1-7/h3-5,7-8H,1-2,6H2/t3-,4+,5-/m0/s1. The van der Waals surface area contributed by atoms with Gasteiger partial charge in [0.1, 0.15) is 0 Å². The van der Waals surface area contributed by atoms with E-state index in [0.29, 0.717) is 0 Å². The van der Waals surface area contributed by atoms with E-state index in [1.165, 1.54) is 0 Å². The summed E-state index contributed by atoms with van der Waals surface area (Å²) in [4.78, 5) is 0. The average Bonchev–Trinajstić information content (AvgIpc) is 2.15. The maximum Gasteiger partial charge on any atom is 0.0983 e. The Morgan fingerprint density at radius 2 is 2.33 bits per heavy atom. The number of hydrogen-bond donors (Lipinski definition) is 3. The van der Waals surface area contributed by atoms with Gasteiger partial charge in [-0.25, -0.2) is 0 Å². The highest BCUT2D eigenvalue weighted by atomic mass is 16.5. The van der Waals surface area contributed by atoms with Crippen molar-refractivity contribution in [1.29, 1.82) is 0 Å². The quantitative estimate of drug-likeness (QED) is 0.389. The molecule has 1 fully saturated rings. The van der Waals surface area contributed by atoms with E-state index in [1.54, 1.807) is 0 Å². The first kappa shape index (κ1) is 6.95. The third kappa shape index (κ3) is 1.21. The zero-order chi connectivity index (χ0) is 6.85. The highest BCUT2D eigenvalue weighted by Crippen LogP contribution is 2.10. The Morgan fingerprint density at radius 3 is 2.56 bits per heavy atom. The van der Waals surface area contributed by atoms with Crippen molar-refractivity contribution in [2.75, 3.05) is 13.2 Å². The summed E-state index contributed by atoms with van der Waals surface area (Å²) < 4.78 is 4.90. The smallest absolute Gasteiger partial charge is 0.0983 e. The maximum absolute atomic E-state index is 8.94. The maximum atomic E-state index is 8.94.